The first-order chi connectivity index (χ1) is 8.55. The molecule has 3 nitrogen and oxygen atoms in total. The average Bonchev–Trinajstić information content (AvgIpc) is 2.74. The fourth-order valence-corrected chi connectivity index (χ4v) is 2.33. The van der Waals surface area contributed by atoms with Crippen LogP contribution in [0.4, 0.5) is 0 Å². The summed E-state index contributed by atoms with van der Waals surface area (Å²) in [4.78, 5) is 1.41. The van der Waals surface area contributed by atoms with Crippen LogP contribution in [0.1, 0.15) is 30.7 Å². The van der Waals surface area contributed by atoms with Crippen LogP contribution >= 0.6 is 11.3 Å². The third kappa shape index (κ3) is 5.96. The van der Waals surface area contributed by atoms with Crippen molar-refractivity contribution >= 4 is 11.3 Å². The molecule has 0 aliphatic rings. The second kappa shape index (κ2) is 7.89. The maximum absolute atomic E-state index is 5.58. The molecule has 0 saturated heterocycles. The second-order valence-electron chi connectivity index (χ2n) is 5.03. The molecule has 18 heavy (non-hydrogen) atoms. The number of methoxy groups -OCH3 is 1. The monoisotopic (exact) mass is 271 g/mol. The standard InChI is InChI=1S/C14H25NO2S/c1-12-5-10-18-13(12)11-15-7-9-17-8-6-14(2,3)16-4/h5,10,15H,6-9,11H2,1-4H3. The third-order valence-corrected chi connectivity index (χ3v) is 4.10. The Balaban J connectivity index is 1.98. The van der Waals surface area contributed by atoms with Gasteiger partial charge in [0.2, 0.25) is 0 Å². The third-order valence-electron chi connectivity index (χ3n) is 3.08. The van der Waals surface area contributed by atoms with Gasteiger partial charge in [-0.3, -0.25) is 0 Å². The number of nitrogens with one attached hydrogen (secondary N) is 1. The van der Waals surface area contributed by atoms with Crippen molar-refractivity contribution in [1.29, 1.82) is 0 Å². The van der Waals surface area contributed by atoms with Crippen molar-refractivity contribution in [3.8, 4) is 0 Å². The Morgan fingerprint density at radius 3 is 2.72 bits per heavy atom. The molecule has 4 heteroatoms. The van der Waals surface area contributed by atoms with Crippen LogP contribution in [0.25, 0.3) is 0 Å². The molecule has 0 unspecified atom stereocenters. The van der Waals surface area contributed by atoms with Crippen molar-refractivity contribution in [2.24, 2.45) is 0 Å². The van der Waals surface area contributed by atoms with Crippen molar-refractivity contribution in [3.63, 3.8) is 0 Å². The fourth-order valence-electron chi connectivity index (χ4n) is 1.45. The smallest absolute Gasteiger partial charge is 0.0644 e. The highest BCUT2D eigenvalue weighted by Gasteiger charge is 2.15. The Bertz CT molecular complexity index is 336. The quantitative estimate of drug-likeness (QED) is 0.700. The van der Waals surface area contributed by atoms with E-state index < -0.39 is 0 Å². The van der Waals surface area contributed by atoms with Crippen molar-refractivity contribution < 1.29 is 9.47 Å². The summed E-state index contributed by atoms with van der Waals surface area (Å²) in [6.07, 6.45) is 0.924. The maximum Gasteiger partial charge on any atom is 0.0644 e. The lowest BCUT2D eigenvalue weighted by Crippen LogP contribution is -2.25. The summed E-state index contributed by atoms with van der Waals surface area (Å²) in [5.41, 5.74) is 1.29. The van der Waals surface area contributed by atoms with Gasteiger partial charge in [0.05, 0.1) is 12.2 Å². The maximum atomic E-state index is 5.58. The molecule has 0 aliphatic carbocycles. The van der Waals surface area contributed by atoms with Crippen molar-refractivity contribution in [2.75, 3.05) is 26.9 Å². The number of ether oxygens (including phenoxy) is 2. The Hall–Kier alpha value is -0.420. The minimum absolute atomic E-state index is 0.0818. The van der Waals surface area contributed by atoms with Gasteiger partial charge in [-0.1, -0.05) is 0 Å². The molecule has 1 aromatic heterocycles. The Morgan fingerprint density at radius 2 is 2.11 bits per heavy atom. The first kappa shape index (κ1) is 15.6. The molecule has 1 heterocycles. The summed E-state index contributed by atoms with van der Waals surface area (Å²) in [7, 11) is 1.74. The van der Waals surface area contributed by atoms with Crippen molar-refractivity contribution in [1.82, 2.24) is 5.32 Å². The number of hydrogen-bond donors (Lipinski definition) is 1. The SMILES string of the molecule is COC(C)(C)CCOCCNCc1sccc1C. The number of thiophene rings is 1. The van der Waals surface area contributed by atoms with Gasteiger partial charge >= 0.3 is 0 Å². The zero-order chi connectivity index (χ0) is 13.4. The van der Waals surface area contributed by atoms with E-state index in [2.05, 4.69) is 37.5 Å². The summed E-state index contributed by atoms with van der Waals surface area (Å²) < 4.78 is 10.9. The summed E-state index contributed by atoms with van der Waals surface area (Å²) in [6.45, 7) is 9.64. The van der Waals surface area contributed by atoms with Gasteiger partial charge in [-0.05, 0) is 44.2 Å². The Morgan fingerprint density at radius 1 is 1.33 bits per heavy atom. The van der Waals surface area contributed by atoms with Gasteiger partial charge in [0.1, 0.15) is 0 Å². The van der Waals surface area contributed by atoms with Crippen LogP contribution in [0.3, 0.4) is 0 Å². The van der Waals surface area contributed by atoms with E-state index in [9.17, 15) is 0 Å². The number of rotatable bonds is 9. The normalized spacial score (nSPS) is 12.0. The first-order valence-corrected chi connectivity index (χ1v) is 7.30. The first-order valence-electron chi connectivity index (χ1n) is 6.42. The van der Waals surface area contributed by atoms with Crippen molar-refractivity contribution in [3.05, 3.63) is 21.9 Å². The van der Waals surface area contributed by atoms with E-state index in [0.29, 0.717) is 0 Å². The molecular formula is C14H25NO2S. The lowest BCUT2D eigenvalue weighted by atomic mass is 10.1. The summed E-state index contributed by atoms with van der Waals surface area (Å²) in [6, 6.07) is 2.16. The topological polar surface area (TPSA) is 30.5 Å². The van der Waals surface area contributed by atoms with E-state index in [1.807, 2.05) is 0 Å². The van der Waals surface area contributed by atoms with Crippen LogP contribution in [0.15, 0.2) is 11.4 Å². The average molecular weight is 271 g/mol. The molecule has 0 aromatic carbocycles. The van der Waals surface area contributed by atoms with Crippen LogP contribution in [0.2, 0.25) is 0 Å². The summed E-state index contributed by atoms with van der Waals surface area (Å²) >= 11 is 1.80. The lowest BCUT2D eigenvalue weighted by Gasteiger charge is -2.22. The molecule has 0 aliphatic heterocycles. The van der Waals surface area contributed by atoms with Gasteiger partial charge in [0.25, 0.3) is 0 Å². The molecule has 1 aromatic rings. The van der Waals surface area contributed by atoms with Gasteiger partial charge in [-0.2, -0.15) is 0 Å². The van der Waals surface area contributed by atoms with E-state index >= 15 is 0 Å². The summed E-state index contributed by atoms with van der Waals surface area (Å²) in [5.74, 6) is 0. The Kier molecular flexibility index (Phi) is 6.86. The van der Waals surface area contributed by atoms with Gasteiger partial charge < -0.3 is 14.8 Å². The predicted molar refractivity (Wildman–Crippen MR) is 77.3 cm³/mol. The van der Waals surface area contributed by atoms with E-state index in [1.165, 1.54) is 10.4 Å². The highest BCUT2D eigenvalue weighted by Crippen LogP contribution is 2.14. The van der Waals surface area contributed by atoms with Crippen molar-refractivity contribution in [2.45, 2.75) is 39.3 Å². The van der Waals surface area contributed by atoms with Crippen LogP contribution in [-0.4, -0.2) is 32.5 Å². The van der Waals surface area contributed by atoms with Gasteiger partial charge in [0.15, 0.2) is 0 Å². The highest BCUT2D eigenvalue weighted by molar-refractivity contribution is 7.10. The predicted octanol–water partition coefficient (Wildman–Crippen LogP) is 2.98. The van der Waals surface area contributed by atoms with Crippen LogP contribution in [0, 0.1) is 6.92 Å². The van der Waals surface area contributed by atoms with Crippen LogP contribution in [0.5, 0.6) is 0 Å². The molecule has 0 fully saturated rings. The molecule has 1 N–H and O–H groups in total. The zero-order valence-electron chi connectivity index (χ0n) is 11.9. The minimum atomic E-state index is -0.0818. The van der Waals surface area contributed by atoms with Gasteiger partial charge in [0, 0.05) is 31.7 Å². The molecule has 0 saturated carbocycles. The van der Waals surface area contributed by atoms with E-state index in [1.54, 1.807) is 18.4 Å². The number of hydrogen-bond acceptors (Lipinski definition) is 4. The molecule has 0 bridgehead atoms. The molecule has 104 valence electrons. The molecule has 0 radical (unpaired) electrons. The lowest BCUT2D eigenvalue weighted by molar-refractivity contribution is -0.00936. The molecule has 0 amide bonds. The van der Waals surface area contributed by atoms with Gasteiger partial charge in [-0.15, -0.1) is 11.3 Å². The summed E-state index contributed by atoms with van der Waals surface area (Å²) in [5, 5.41) is 5.53. The fraction of sp³-hybridized carbons (Fsp3) is 0.714. The van der Waals surface area contributed by atoms with Gasteiger partial charge in [-0.25, -0.2) is 0 Å². The van der Waals surface area contributed by atoms with Crippen LogP contribution < -0.4 is 5.32 Å². The molecule has 0 spiro atoms. The second-order valence-corrected chi connectivity index (χ2v) is 6.03. The molecule has 1 rings (SSSR count). The molecule has 0 atom stereocenters. The van der Waals surface area contributed by atoms with E-state index in [4.69, 9.17) is 9.47 Å². The van der Waals surface area contributed by atoms with E-state index in [0.717, 1.165) is 32.7 Å². The Labute approximate surface area is 114 Å². The molecular weight excluding hydrogens is 246 g/mol. The highest BCUT2D eigenvalue weighted by atomic mass is 32.1. The number of aryl methyl sites for hydroxylation is 1. The largest absolute Gasteiger partial charge is 0.380 e. The van der Waals surface area contributed by atoms with E-state index in [-0.39, 0.29) is 5.60 Å². The minimum Gasteiger partial charge on any atom is -0.380 e. The van der Waals surface area contributed by atoms with Crippen LogP contribution in [-0.2, 0) is 16.0 Å². The zero-order valence-corrected chi connectivity index (χ0v) is 12.7.